The molecule has 1 heterocycles. The van der Waals surface area contributed by atoms with E-state index < -0.39 is 5.97 Å². The summed E-state index contributed by atoms with van der Waals surface area (Å²) in [6, 6.07) is 6.38. The third kappa shape index (κ3) is 3.25. The highest BCUT2D eigenvalue weighted by molar-refractivity contribution is 9.10. The van der Waals surface area contributed by atoms with Gasteiger partial charge in [0.1, 0.15) is 0 Å². The Morgan fingerprint density at radius 2 is 2.33 bits per heavy atom. The molecule has 4 heteroatoms. The monoisotopic (exact) mass is 311 g/mol. The summed E-state index contributed by atoms with van der Waals surface area (Å²) >= 11 is 3.60. The normalized spacial score (nSPS) is 19.2. The molecule has 0 amide bonds. The van der Waals surface area contributed by atoms with Gasteiger partial charge in [0.25, 0.3) is 0 Å². The predicted molar refractivity (Wildman–Crippen MR) is 76.1 cm³/mol. The van der Waals surface area contributed by atoms with Crippen LogP contribution in [0.1, 0.15) is 24.8 Å². The largest absolute Gasteiger partial charge is 0.481 e. The van der Waals surface area contributed by atoms with Crippen molar-refractivity contribution < 1.29 is 9.90 Å². The quantitative estimate of drug-likeness (QED) is 0.926. The molecule has 1 aromatic rings. The standard InChI is InChI=1S/C14H18BrNO2/c1-10-2-4-13(12(15)8-10)16-7-6-11(9-16)3-5-14(17)18/h2,4,8,11H,3,5-7,9H2,1H3,(H,17,18). The second kappa shape index (κ2) is 5.74. The van der Waals surface area contributed by atoms with Crippen LogP contribution >= 0.6 is 15.9 Å². The van der Waals surface area contributed by atoms with E-state index >= 15 is 0 Å². The lowest BCUT2D eigenvalue weighted by Crippen LogP contribution is -2.20. The number of carbonyl (C=O) groups is 1. The molecule has 1 aromatic carbocycles. The lowest BCUT2D eigenvalue weighted by Gasteiger charge is -2.20. The van der Waals surface area contributed by atoms with Gasteiger partial charge in [-0.15, -0.1) is 0 Å². The van der Waals surface area contributed by atoms with Crippen LogP contribution in [0.3, 0.4) is 0 Å². The minimum Gasteiger partial charge on any atom is -0.481 e. The smallest absolute Gasteiger partial charge is 0.303 e. The molecule has 2 rings (SSSR count). The molecule has 1 N–H and O–H groups in total. The van der Waals surface area contributed by atoms with Crippen molar-refractivity contribution in [1.29, 1.82) is 0 Å². The minimum absolute atomic E-state index is 0.285. The molecule has 0 spiro atoms. The van der Waals surface area contributed by atoms with E-state index in [1.807, 2.05) is 0 Å². The summed E-state index contributed by atoms with van der Waals surface area (Å²) in [5.74, 6) is -0.181. The summed E-state index contributed by atoms with van der Waals surface area (Å²) in [5.41, 5.74) is 2.46. The van der Waals surface area contributed by atoms with Gasteiger partial charge in [-0.1, -0.05) is 6.07 Å². The highest BCUT2D eigenvalue weighted by atomic mass is 79.9. The van der Waals surface area contributed by atoms with Crippen LogP contribution in [0.15, 0.2) is 22.7 Å². The number of halogens is 1. The molecule has 1 fully saturated rings. The average Bonchev–Trinajstić information content (AvgIpc) is 2.75. The van der Waals surface area contributed by atoms with Gasteiger partial charge in [0.15, 0.2) is 0 Å². The van der Waals surface area contributed by atoms with Crippen molar-refractivity contribution in [3.05, 3.63) is 28.2 Å². The van der Waals surface area contributed by atoms with E-state index in [4.69, 9.17) is 5.11 Å². The van der Waals surface area contributed by atoms with Gasteiger partial charge in [-0.05, 0) is 59.3 Å². The van der Waals surface area contributed by atoms with E-state index in [-0.39, 0.29) is 6.42 Å². The van der Waals surface area contributed by atoms with Crippen LogP contribution < -0.4 is 4.90 Å². The zero-order valence-electron chi connectivity index (χ0n) is 10.5. The number of anilines is 1. The fraction of sp³-hybridized carbons (Fsp3) is 0.500. The van der Waals surface area contributed by atoms with Crippen LogP contribution in [-0.2, 0) is 4.79 Å². The molecule has 1 aliphatic rings. The number of hydrogen-bond acceptors (Lipinski definition) is 2. The number of benzene rings is 1. The average molecular weight is 312 g/mol. The SMILES string of the molecule is Cc1ccc(N2CCC(CCC(=O)O)C2)c(Br)c1. The maximum atomic E-state index is 10.6. The van der Waals surface area contributed by atoms with Gasteiger partial charge in [0.05, 0.1) is 5.69 Å². The van der Waals surface area contributed by atoms with Crippen molar-refractivity contribution in [2.24, 2.45) is 5.92 Å². The van der Waals surface area contributed by atoms with Crippen molar-refractivity contribution in [3.63, 3.8) is 0 Å². The second-order valence-corrected chi connectivity index (χ2v) is 5.84. The topological polar surface area (TPSA) is 40.5 Å². The lowest BCUT2D eigenvalue weighted by atomic mass is 10.0. The first-order chi connectivity index (χ1) is 8.56. The maximum absolute atomic E-state index is 10.6. The van der Waals surface area contributed by atoms with Crippen LogP contribution in [0.5, 0.6) is 0 Å². The highest BCUT2D eigenvalue weighted by Gasteiger charge is 2.24. The van der Waals surface area contributed by atoms with Crippen molar-refractivity contribution in [2.45, 2.75) is 26.2 Å². The molecule has 1 saturated heterocycles. The van der Waals surface area contributed by atoms with Gasteiger partial charge in [0, 0.05) is 24.0 Å². The lowest BCUT2D eigenvalue weighted by molar-refractivity contribution is -0.137. The fourth-order valence-electron chi connectivity index (χ4n) is 2.48. The number of carboxylic acids is 1. The maximum Gasteiger partial charge on any atom is 0.303 e. The number of nitrogens with zero attached hydrogens (tertiary/aromatic N) is 1. The molecule has 1 unspecified atom stereocenters. The van der Waals surface area contributed by atoms with E-state index in [2.05, 4.69) is 46.0 Å². The summed E-state index contributed by atoms with van der Waals surface area (Å²) in [6.45, 7) is 4.06. The zero-order chi connectivity index (χ0) is 13.1. The summed E-state index contributed by atoms with van der Waals surface area (Å²) in [4.78, 5) is 12.9. The minimum atomic E-state index is -0.690. The van der Waals surface area contributed by atoms with Crippen molar-refractivity contribution in [1.82, 2.24) is 0 Å². The summed E-state index contributed by atoms with van der Waals surface area (Å²) in [5, 5.41) is 8.71. The van der Waals surface area contributed by atoms with E-state index in [0.29, 0.717) is 5.92 Å². The van der Waals surface area contributed by atoms with E-state index in [1.165, 1.54) is 11.3 Å². The van der Waals surface area contributed by atoms with Crippen LogP contribution in [0.2, 0.25) is 0 Å². The molecule has 0 radical (unpaired) electrons. The zero-order valence-corrected chi connectivity index (χ0v) is 12.1. The third-order valence-electron chi connectivity index (χ3n) is 3.50. The number of rotatable bonds is 4. The molecule has 3 nitrogen and oxygen atoms in total. The highest BCUT2D eigenvalue weighted by Crippen LogP contribution is 2.32. The molecular weight excluding hydrogens is 294 g/mol. The van der Waals surface area contributed by atoms with Crippen LogP contribution in [0.4, 0.5) is 5.69 Å². The molecule has 1 atom stereocenters. The van der Waals surface area contributed by atoms with Crippen LogP contribution in [-0.4, -0.2) is 24.2 Å². The summed E-state index contributed by atoms with van der Waals surface area (Å²) < 4.78 is 1.13. The first-order valence-corrected chi connectivity index (χ1v) is 7.08. The van der Waals surface area contributed by atoms with Gasteiger partial charge >= 0.3 is 5.97 Å². The molecule has 18 heavy (non-hydrogen) atoms. The van der Waals surface area contributed by atoms with Crippen LogP contribution in [0, 0.1) is 12.8 Å². The van der Waals surface area contributed by atoms with Crippen LogP contribution in [0.25, 0.3) is 0 Å². The van der Waals surface area contributed by atoms with Crippen molar-refractivity contribution >= 4 is 27.6 Å². The molecule has 0 bridgehead atoms. The van der Waals surface area contributed by atoms with Gasteiger partial charge < -0.3 is 10.0 Å². The van der Waals surface area contributed by atoms with Gasteiger partial charge in [-0.25, -0.2) is 0 Å². The number of carboxylic acid groups (broad SMARTS) is 1. The summed E-state index contributed by atoms with van der Waals surface area (Å²) in [7, 11) is 0. The van der Waals surface area contributed by atoms with Gasteiger partial charge in [-0.2, -0.15) is 0 Å². The predicted octanol–water partition coefficient (Wildman–Crippen LogP) is 3.45. The molecule has 0 aliphatic carbocycles. The Hall–Kier alpha value is -1.03. The Morgan fingerprint density at radius 3 is 3.00 bits per heavy atom. The molecule has 1 aliphatic heterocycles. The Bertz CT molecular complexity index is 447. The van der Waals surface area contributed by atoms with Gasteiger partial charge in [-0.3, -0.25) is 4.79 Å². The first kappa shape index (κ1) is 13.4. The first-order valence-electron chi connectivity index (χ1n) is 6.29. The van der Waals surface area contributed by atoms with E-state index in [0.717, 1.165) is 30.4 Å². The van der Waals surface area contributed by atoms with Crippen molar-refractivity contribution in [2.75, 3.05) is 18.0 Å². The van der Waals surface area contributed by atoms with E-state index in [9.17, 15) is 4.79 Å². The number of hydrogen-bond donors (Lipinski definition) is 1. The number of aliphatic carboxylic acids is 1. The Kier molecular flexibility index (Phi) is 4.27. The second-order valence-electron chi connectivity index (χ2n) is 4.99. The van der Waals surface area contributed by atoms with Gasteiger partial charge in [0.2, 0.25) is 0 Å². The molecule has 98 valence electrons. The van der Waals surface area contributed by atoms with E-state index in [1.54, 1.807) is 0 Å². The Labute approximate surface area is 116 Å². The summed E-state index contributed by atoms with van der Waals surface area (Å²) in [6.07, 6.45) is 2.16. The Morgan fingerprint density at radius 1 is 1.56 bits per heavy atom. The van der Waals surface area contributed by atoms with Crippen molar-refractivity contribution in [3.8, 4) is 0 Å². The molecular formula is C14H18BrNO2. The molecule has 0 saturated carbocycles. The Balaban J connectivity index is 1.97. The third-order valence-corrected chi connectivity index (χ3v) is 4.13. The molecule has 0 aromatic heterocycles. The fourth-order valence-corrected chi connectivity index (χ4v) is 3.23. The number of aryl methyl sites for hydroxylation is 1.